The highest BCUT2D eigenvalue weighted by atomic mass is 79.9. The van der Waals surface area contributed by atoms with Gasteiger partial charge in [0.25, 0.3) is 17.7 Å². The van der Waals surface area contributed by atoms with E-state index in [9.17, 15) is 14.4 Å². The number of anilines is 1. The maximum absolute atomic E-state index is 12.3. The fraction of sp³-hybridized carbons (Fsp3) is 0.0455. The quantitative estimate of drug-likeness (QED) is 0.522. The molecule has 0 aromatic heterocycles. The molecule has 3 aromatic carbocycles. The Kier molecular flexibility index (Phi) is 6.41. The smallest absolute Gasteiger partial charge is 0.269 e. The maximum atomic E-state index is 12.3. The van der Waals surface area contributed by atoms with Crippen LogP contribution in [-0.2, 0) is 0 Å². The molecule has 3 aromatic rings. The summed E-state index contributed by atoms with van der Waals surface area (Å²) in [4.78, 5) is 36.6. The number of aryl methyl sites for hydroxylation is 1. The van der Waals surface area contributed by atoms with Crippen molar-refractivity contribution in [3.63, 3.8) is 0 Å². The van der Waals surface area contributed by atoms with Crippen LogP contribution in [0.15, 0.2) is 77.3 Å². The Hall–Kier alpha value is -3.45. The summed E-state index contributed by atoms with van der Waals surface area (Å²) >= 11 is 3.30. The summed E-state index contributed by atoms with van der Waals surface area (Å²) in [5.74, 6) is -1.11. The second-order valence-electron chi connectivity index (χ2n) is 6.26. The summed E-state index contributed by atoms with van der Waals surface area (Å²) in [6, 6.07) is 20.4. The van der Waals surface area contributed by atoms with Gasteiger partial charge >= 0.3 is 0 Å². The van der Waals surface area contributed by atoms with Crippen LogP contribution in [0, 0.1) is 6.92 Å². The molecule has 0 heterocycles. The predicted molar refractivity (Wildman–Crippen MR) is 115 cm³/mol. The van der Waals surface area contributed by atoms with Crippen molar-refractivity contribution in [3.8, 4) is 0 Å². The Balaban J connectivity index is 1.57. The summed E-state index contributed by atoms with van der Waals surface area (Å²) in [6.07, 6.45) is 0. The summed E-state index contributed by atoms with van der Waals surface area (Å²) in [6.45, 7) is 1.87. The largest absolute Gasteiger partial charge is 0.322 e. The minimum Gasteiger partial charge on any atom is -0.322 e. The zero-order valence-electron chi connectivity index (χ0n) is 15.5. The first kappa shape index (κ1) is 20.3. The molecule has 0 saturated heterocycles. The summed E-state index contributed by atoms with van der Waals surface area (Å²) < 4.78 is 0.854. The van der Waals surface area contributed by atoms with Crippen molar-refractivity contribution >= 4 is 39.3 Å². The lowest BCUT2D eigenvalue weighted by molar-refractivity contribution is 0.0846. The lowest BCUT2D eigenvalue weighted by Crippen LogP contribution is -2.41. The molecular weight excluding hydrogens is 434 g/mol. The summed E-state index contributed by atoms with van der Waals surface area (Å²) in [5.41, 5.74) is 7.53. The molecule has 0 atom stereocenters. The molecule has 3 amide bonds. The highest BCUT2D eigenvalue weighted by Crippen LogP contribution is 2.14. The molecule has 146 valence electrons. The average molecular weight is 452 g/mol. The molecule has 0 unspecified atom stereocenters. The van der Waals surface area contributed by atoms with Gasteiger partial charge in [-0.15, -0.1) is 0 Å². The van der Waals surface area contributed by atoms with E-state index in [0.717, 1.165) is 10.0 Å². The number of amides is 3. The van der Waals surface area contributed by atoms with Gasteiger partial charge in [-0.1, -0.05) is 34.1 Å². The highest BCUT2D eigenvalue weighted by molar-refractivity contribution is 9.10. The zero-order valence-corrected chi connectivity index (χ0v) is 17.1. The van der Waals surface area contributed by atoms with Crippen molar-refractivity contribution in [3.05, 3.63) is 99.5 Å². The number of rotatable bonds is 4. The second-order valence-corrected chi connectivity index (χ2v) is 7.18. The van der Waals surface area contributed by atoms with E-state index >= 15 is 0 Å². The topological polar surface area (TPSA) is 87.3 Å². The van der Waals surface area contributed by atoms with Gasteiger partial charge in [0.1, 0.15) is 0 Å². The number of nitrogens with one attached hydrogen (secondary N) is 3. The average Bonchev–Trinajstić information content (AvgIpc) is 2.73. The van der Waals surface area contributed by atoms with E-state index in [0.29, 0.717) is 22.4 Å². The molecule has 0 fully saturated rings. The first-order chi connectivity index (χ1) is 13.9. The van der Waals surface area contributed by atoms with Crippen LogP contribution >= 0.6 is 15.9 Å². The van der Waals surface area contributed by atoms with E-state index in [2.05, 4.69) is 32.1 Å². The Morgan fingerprint density at radius 1 is 0.690 bits per heavy atom. The standard InChI is InChI=1S/C22H18BrN3O3/c1-14-4-2-3-5-19(14)22(29)24-18-12-8-16(9-13-18)21(28)26-25-20(27)15-6-10-17(23)11-7-15/h2-13H,1H3,(H,24,29)(H,25,27)(H,26,28). The van der Waals surface area contributed by atoms with Crippen molar-refractivity contribution in [1.29, 1.82) is 0 Å². The van der Waals surface area contributed by atoms with Gasteiger partial charge in [0.05, 0.1) is 0 Å². The number of hydrogen-bond donors (Lipinski definition) is 3. The number of carbonyl (C=O) groups is 3. The molecule has 0 spiro atoms. The molecule has 0 bridgehead atoms. The third-order valence-electron chi connectivity index (χ3n) is 4.19. The van der Waals surface area contributed by atoms with E-state index in [1.807, 2.05) is 19.1 Å². The molecule has 3 N–H and O–H groups in total. The predicted octanol–water partition coefficient (Wildman–Crippen LogP) is 4.08. The van der Waals surface area contributed by atoms with Gasteiger partial charge in [-0.2, -0.15) is 0 Å². The number of carbonyl (C=O) groups excluding carboxylic acids is 3. The van der Waals surface area contributed by atoms with Crippen LogP contribution in [0.4, 0.5) is 5.69 Å². The van der Waals surface area contributed by atoms with E-state index in [-0.39, 0.29) is 5.91 Å². The van der Waals surface area contributed by atoms with Crippen LogP contribution in [0.1, 0.15) is 36.6 Å². The van der Waals surface area contributed by atoms with Gasteiger partial charge in [0.2, 0.25) is 0 Å². The van der Waals surface area contributed by atoms with Crippen LogP contribution in [-0.4, -0.2) is 17.7 Å². The summed E-state index contributed by atoms with van der Waals surface area (Å²) in [7, 11) is 0. The van der Waals surface area contributed by atoms with Crippen LogP contribution in [0.2, 0.25) is 0 Å². The van der Waals surface area contributed by atoms with Gasteiger partial charge in [0.15, 0.2) is 0 Å². The van der Waals surface area contributed by atoms with E-state index in [4.69, 9.17) is 0 Å². The number of hydrogen-bond acceptors (Lipinski definition) is 3. The Morgan fingerprint density at radius 2 is 1.21 bits per heavy atom. The van der Waals surface area contributed by atoms with Crippen LogP contribution in [0.3, 0.4) is 0 Å². The van der Waals surface area contributed by atoms with E-state index in [1.54, 1.807) is 60.7 Å². The lowest BCUT2D eigenvalue weighted by atomic mass is 10.1. The zero-order chi connectivity index (χ0) is 20.8. The second kappa shape index (κ2) is 9.16. The molecule has 6 nitrogen and oxygen atoms in total. The van der Waals surface area contributed by atoms with Crippen molar-refractivity contribution in [2.45, 2.75) is 6.92 Å². The third kappa shape index (κ3) is 5.30. The third-order valence-corrected chi connectivity index (χ3v) is 4.72. The number of halogens is 1. The SMILES string of the molecule is Cc1ccccc1C(=O)Nc1ccc(C(=O)NNC(=O)c2ccc(Br)cc2)cc1. The molecule has 0 aliphatic heterocycles. The molecule has 29 heavy (non-hydrogen) atoms. The highest BCUT2D eigenvalue weighted by Gasteiger charge is 2.11. The molecule has 7 heteroatoms. The molecule has 0 radical (unpaired) electrons. The van der Waals surface area contributed by atoms with Crippen molar-refractivity contribution < 1.29 is 14.4 Å². The molecule has 0 aliphatic rings. The van der Waals surface area contributed by atoms with Crippen LogP contribution < -0.4 is 16.2 Å². The van der Waals surface area contributed by atoms with Gasteiger partial charge in [0, 0.05) is 26.9 Å². The Bertz CT molecular complexity index is 1050. The van der Waals surface area contributed by atoms with Crippen molar-refractivity contribution in [2.24, 2.45) is 0 Å². The normalized spacial score (nSPS) is 10.1. The van der Waals surface area contributed by atoms with Gasteiger partial charge in [-0.05, 0) is 67.1 Å². The Morgan fingerprint density at radius 3 is 1.76 bits per heavy atom. The monoisotopic (exact) mass is 451 g/mol. The summed E-state index contributed by atoms with van der Waals surface area (Å²) in [5, 5.41) is 2.80. The molecular formula is C22H18BrN3O3. The number of hydrazine groups is 1. The fourth-order valence-corrected chi connectivity index (χ4v) is 2.85. The van der Waals surface area contributed by atoms with Crippen LogP contribution in [0.25, 0.3) is 0 Å². The molecule has 3 rings (SSSR count). The first-order valence-electron chi connectivity index (χ1n) is 8.77. The first-order valence-corrected chi connectivity index (χ1v) is 9.56. The van der Waals surface area contributed by atoms with E-state index in [1.165, 1.54) is 0 Å². The van der Waals surface area contributed by atoms with Gasteiger partial charge in [-0.25, -0.2) is 0 Å². The minimum absolute atomic E-state index is 0.220. The molecule has 0 saturated carbocycles. The number of benzene rings is 3. The Labute approximate surface area is 176 Å². The van der Waals surface area contributed by atoms with Crippen molar-refractivity contribution in [1.82, 2.24) is 10.9 Å². The van der Waals surface area contributed by atoms with Gasteiger partial charge in [-0.3, -0.25) is 25.2 Å². The minimum atomic E-state index is -0.466. The van der Waals surface area contributed by atoms with Crippen molar-refractivity contribution in [2.75, 3.05) is 5.32 Å². The maximum Gasteiger partial charge on any atom is 0.269 e. The fourth-order valence-electron chi connectivity index (χ4n) is 2.59. The van der Waals surface area contributed by atoms with E-state index < -0.39 is 11.8 Å². The lowest BCUT2D eigenvalue weighted by Gasteiger charge is -2.10. The van der Waals surface area contributed by atoms with Crippen LogP contribution in [0.5, 0.6) is 0 Å². The molecule has 0 aliphatic carbocycles. The van der Waals surface area contributed by atoms with Gasteiger partial charge < -0.3 is 5.32 Å².